The predicted molar refractivity (Wildman–Crippen MR) is 117 cm³/mol. The highest BCUT2D eigenvalue weighted by Crippen LogP contribution is 2.30. The van der Waals surface area contributed by atoms with Crippen LogP contribution in [-0.2, 0) is 6.54 Å². The Morgan fingerprint density at radius 2 is 1.80 bits per heavy atom. The molecule has 0 radical (unpaired) electrons. The van der Waals surface area contributed by atoms with E-state index in [0.717, 1.165) is 34.1 Å². The third-order valence-electron chi connectivity index (χ3n) is 4.97. The standard InChI is InChI=1S/C25H24N2O3/c1-3-29-21-13-11-20(12-14-21)27-18(2)23(16-24(27)19-8-5-4-6-9-19)25(28)26-17-22-10-7-15-30-22/h4-16H,3,17H2,1-2H3,(H,26,28). The molecule has 0 bridgehead atoms. The van der Waals surface area contributed by atoms with Gasteiger partial charge in [0.25, 0.3) is 5.91 Å². The Balaban J connectivity index is 1.72. The van der Waals surface area contributed by atoms with E-state index in [1.807, 2.05) is 86.6 Å². The van der Waals surface area contributed by atoms with Gasteiger partial charge in [-0.2, -0.15) is 0 Å². The van der Waals surface area contributed by atoms with Crippen LogP contribution in [0.2, 0.25) is 0 Å². The number of nitrogens with one attached hydrogen (secondary N) is 1. The van der Waals surface area contributed by atoms with E-state index in [2.05, 4.69) is 9.88 Å². The first kappa shape index (κ1) is 19.6. The summed E-state index contributed by atoms with van der Waals surface area (Å²) in [6, 6.07) is 23.6. The molecule has 0 aliphatic rings. The average molecular weight is 400 g/mol. The molecule has 0 spiro atoms. The molecule has 0 saturated heterocycles. The highest BCUT2D eigenvalue weighted by Gasteiger charge is 2.19. The summed E-state index contributed by atoms with van der Waals surface area (Å²) in [4.78, 5) is 12.9. The maximum Gasteiger partial charge on any atom is 0.253 e. The first-order valence-corrected chi connectivity index (χ1v) is 9.99. The molecule has 5 heteroatoms. The Bertz CT molecular complexity index is 1110. The number of rotatable bonds is 7. The molecule has 1 amide bonds. The predicted octanol–water partition coefficient (Wildman–Crippen LogP) is 5.37. The normalized spacial score (nSPS) is 10.7. The van der Waals surface area contributed by atoms with E-state index in [9.17, 15) is 4.79 Å². The molecule has 0 saturated carbocycles. The van der Waals surface area contributed by atoms with Crippen molar-refractivity contribution in [1.29, 1.82) is 0 Å². The minimum atomic E-state index is -0.134. The van der Waals surface area contributed by atoms with Crippen molar-refractivity contribution < 1.29 is 13.9 Å². The highest BCUT2D eigenvalue weighted by molar-refractivity contribution is 5.97. The van der Waals surface area contributed by atoms with Crippen molar-refractivity contribution in [2.45, 2.75) is 20.4 Å². The molecule has 30 heavy (non-hydrogen) atoms. The topological polar surface area (TPSA) is 56.4 Å². The van der Waals surface area contributed by atoms with Gasteiger partial charge in [-0.05, 0) is 61.9 Å². The van der Waals surface area contributed by atoms with E-state index in [1.165, 1.54) is 0 Å². The number of hydrogen-bond donors (Lipinski definition) is 1. The van der Waals surface area contributed by atoms with E-state index in [1.54, 1.807) is 6.26 Å². The lowest BCUT2D eigenvalue weighted by molar-refractivity contribution is 0.0947. The first-order valence-electron chi connectivity index (χ1n) is 9.99. The minimum Gasteiger partial charge on any atom is -0.494 e. The Hall–Kier alpha value is -3.73. The van der Waals surface area contributed by atoms with Crippen LogP contribution < -0.4 is 10.1 Å². The molecule has 2 aromatic heterocycles. The number of furan rings is 1. The Labute approximate surface area is 175 Å². The van der Waals surface area contributed by atoms with Crippen LogP contribution in [-0.4, -0.2) is 17.1 Å². The molecular formula is C25H24N2O3. The Kier molecular flexibility index (Phi) is 5.70. The first-order chi connectivity index (χ1) is 14.7. The Morgan fingerprint density at radius 1 is 1.03 bits per heavy atom. The fourth-order valence-electron chi connectivity index (χ4n) is 3.52. The second kappa shape index (κ2) is 8.74. The minimum absolute atomic E-state index is 0.134. The molecule has 0 aliphatic heterocycles. The lowest BCUT2D eigenvalue weighted by Crippen LogP contribution is -2.23. The van der Waals surface area contributed by atoms with Crippen molar-refractivity contribution in [3.63, 3.8) is 0 Å². The van der Waals surface area contributed by atoms with Gasteiger partial charge in [0.15, 0.2) is 0 Å². The summed E-state index contributed by atoms with van der Waals surface area (Å²) in [6.07, 6.45) is 1.60. The second-order valence-corrected chi connectivity index (χ2v) is 6.92. The van der Waals surface area contributed by atoms with Crippen LogP contribution in [0.25, 0.3) is 16.9 Å². The summed E-state index contributed by atoms with van der Waals surface area (Å²) in [5, 5.41) is 2.95. The van der Waals surface area contributed by atoms with Crippen molar-refractivity contribution >= 4 is 5.91 Å². The van der Waals surface area contributed by atoms with Gasteiger partial charge in [0.05, 0.1) is 30.7 Å². The fourth-order valence-corrected chi connectivity index (χ4v) is 3.52. The van der Waals surface area contributed by atoms with Crippen LogP contribution in [0.3, 0.4) is 0 Å². The van der Waals surface area contributed by atoms with Crippen molar-refractivity contribution in [1.82, 2.24) is 9.88 Å². The molecule has 0 aliphatic carbocycles. The zero-order chi connectivity index (χ0) is 20.9. The summed E-state index contributed by atoms with van der Waals surface area (Å²) >= 11 is 0. The van der Waals surface area contributed by atoms with E-state index < -0.39 is 0 Å². The van der Waals surface area contributed by atoms with Crippen molar-refractivity contribution in [2.75, 3.05) is 6.61 Å². The zero-order valence-electron chi connectivity index (χ0n) is 17.1. The van der Waals surface area contributed by atoms with Crippen molar-refractivity contribution in [3.8, 4) is 22.7 Å². The van der Waals surface area contributed by atoms with Gasteiger partial charge in [0.1, 0.15) is 11.5 Å². The summed E-state index contributed by atoms with van der Waals surface area (Å²) in [7, 11) is 0. The van der Waals surface area contributed by atoms with Crippen LogP contribution >= 0.6 is 0 Å². The number of hydrogen-bond acceptors (Lipinski definition) is 3. The van der Waals surface area contributed by atoms with Gasteiger partial charge in [-0.25, -0.2) is 0 Å². The third-order valence-corrected chi connectivity index (χ3v) is 4.97. The summed E-state index contributed by atoms with van der Waals surface area (Å²) < 4.78 is 13.0. The molecule has 4 rings (SSSR count). The van der Waals surface area contributed by atoms with Crippen LogP contribution in [0.15, 0.2) is 83.5 Å². The van der Waals surface area contributed by atoms with Crippen molar-refractivity contribution in [3.05, 3.63) is 96.1 Å². The van der Waals surface area contributed by atoms with E-state index in [0.29, 0.717) is 18.7 Å². The zero-order valence-corrected chi connectivity index (χ0v) is 17.1. The van der Waals surface area contributed by atoms with Gasteiger partial charge in [-0.3, -0.25) is 4.79 Å². The lowest BCUT2D eigenvalue weighted by atomic mass is 10.1. The molecule has 0 fully saturated rings. The Morgan fingerprint density at radius 3 is 2.47 bits per heavy atom. The fraction of sp³-hybridized carbons (Fsp3) is 0.160. The number of carbonyl (C=O) groups excluding carboxylic acids is 1. The largest absolute Gasteiger partial charge is 0.494 e. The van der Waals surface area contributed by atoms with Gasteiger partial charge in [-0.15, -0.1) is 0 Å². The van der Waals surface area contributed by atoms with E-state index in [4.69, 9.17) is 9.15 Å². The number of aromatic nitrogens is 1. The molecule has 1 N–H and O–H groups in total. The summed E-state index contributed by atoms with van der Waals surface area (Å²) in [5.41, 5.74) is 4.48. The maximum absolute atomic E-state index is 12.9. The van der Waals surface area contributed by atoms with Gasteiger partial charge >= 0.3 is 0 Å². The monoisotopic (exact) mass is 400 g/mol. The second-order valence-electron chi connectivity index (χ2n) is 6.92. The van der Waals surface area contributed by atoms with E-state index >= 15 is 0 Å². The molecule has 5 nitrogen and oxygen atoms in total. The SMILES string of the molecule is CCOc1ccc(-n2c(-c3ccccc3)cc(C(=O)NCc3ccco3)c2C)cc1. The molecule has 0 atom stereocenters. The van der Waals surface area contributed by atoms with Gasteiger partial charge in [0.2, 0.25) is 0 Å². The number of benzene rings is 2. The number of ether oxygens (including phenoxy) is 1. The summed E-state index contributed by atoms with van der Waals surface area (Å²) in [6.45, 7) is 4.90. The summed E-state index contributed by atoms with van der Waals surface area (Å²) in [5.74, 6) is 1.41. The highest BCUT2D eigenvalue weighted by atomic mass is 16.5. The van der Waals surface area contributed by atoms with Crippen LogP contribution in [0, 0.1) is 6.92 Å². The number of nitrogens with zero attached hydrogens (tertiary/aromatic N) is 1. The van der Waals surface area contributed by atoms with Crippen LogP contribution in [0.5, 0.6) is 5.75 Å². The molecule has 2 aromatic carbocycles. The van der Waals surface area contributed by atoms with Crippen LogP contribution in [0.4, 0.5) is 0 Å². The van der Waals surface area contributed by atoms with Gasteiger partial charge < -0.3 is 19.0 Å². The molecule has 0 unspecified atom stereocenters. The smallest absolute Gasteiger partial charge is 0.253 e. The van der Waals surface area contributed by atoms with Crippen molar-refractivity contribution in [2.24, 2.45) is 0 Å². The van der Waals surface area contributed by atoms with Gasteiger partial charge in [-0.1, -0.05) is 30.3 Å². The number of amides is 1. The average Bonchev–Trinajstić information content (AvgIpc) is 3.41. The number of carbonyl (C=O) groups is 1. The van der Waals surface area contributed by atoms with E-state index in [-0.39, 0.29) is 5.91 Å². The molecule has 4 aromatic rings. The van der Waals surface area contributed by atoms with Crippen LogP contribution in [0.1, 0.15) is 28.7 Å². The molecule has 2 heterocycles. The quantitative estimate of drug-likeness (QED) is 0.453. The third kappa shape index (κ3) is 4.01. The van der Waals surface area contributed by atoms with Gasteiger partial charge in [0, 0.05) is 11.4 Å². The molecule has 152 valence electrons. The molecular weight excluding hydrogens is 376 g/mol. The maximum atomic E-state index is 12.9. The lowest BCUT2D eigenvalue weighted by Gasteiger charge is -2.13.